The molecular formula is C35H37N9O3. The summed E-state index contributed by atoms with van der Waals surface area (Å²) < 4.78 is 0. The van der Waals surface area contributed by atoms with Crippen molar-refractivity contribution in [3.05, 3.63) is 88.9 Å². The predicted octanol–water partition coefficient (Wildman–Crippen LogP) is 6.01. The molecule has 0 aliphatic carbocycles. The molecule has 47 heavy (non-hydrogen) atoms. The van der Waals surface area contributed by atoms with Gasteiger partial charge < -0.3 is 15.5 Å². The average Bonchev–Trinajstić information content (AvgIpc) is 3.15. The highest BCUT2D eigenvalue weighted by atomic mass is 16.2. The van der Waals surface area contributed by atoms with Crippen LogP contribution in [0.25, 0.3) is 0 Å². The molecule has 4 aromatic rings. The minimum absolute atomic E-state index is 0.0927. The molecule has 0 bridgehead atoms. The number of fused-ring (bicyclic) bond motifs is 2. The van der Waals surface area contributed by atoms with Crippen molar-refractivity contribution < 1.29 is 14.4 Å². The Balaban J connectivity index is 1.22. The Labute approximate surface area is 273 Å². The Hall–Kier alpha value is -5.65. The van der Waals surface area contributed by atoms with Crippen molar-refractivity contribution in [3.63, 3.8) is 0 Å². The molecule has 2 aromatic heterocycles. The van der Waals surface area contributed by atoms with Crippen LogP contribution in [0.5, 0.6) is 0 Å². The van der Waals surface area contributed by atoms with E-state index in [0.717, 1.165) is 40.2 Å². The number of aromatic nitrogens is 3. The molecule has 2 aliphatic rings. The number of benzene rings is 2. The number of amides is 4. The second-order valence-electron chi connectivity index (χ2n) is 11.9. The fraction of sp³-hybridized carbons (Fsp3) is 0.286. The molecule has 12 heteroatoms. The summed E-state index contributed by atoms with van der Waals surface area (Å²) in [6.07, 6.45) is 4.91. The van der Waals surface area contributed by atoms with Crippen LogP contribution in [0.1, 0.15) is 59.4 Å². The number of carbonyl (C=O) groups is 3. The lowest BCUT2D eigenvalue weighted by molar-refractivity contribution is -0.119. The number of likely N-dealkylation sites (N-methyl/N-ethyl adjacent to an activating group) is 1. The van der Waals surface area contributed by atoms with Crippen molar-refractivity contribution in [2.45, 2.75) is 53.1 Å². The summed E-state index contributed by atoms with van der Waals surface area (Å²) in [5, 5.41) is 6.11. The summed E-state index contributed by atoms with van der Waals surface area (Å²) in [6, 6.07) is 13.8. The SMILES string of the molecule is CCC[C@@H]1N=C(C)c2ccc(C(=O)Nc3ccc(C)c(N4Cc5cnc(Nc6ccc(C)nc6)nc5N(C)C4=O)c3)cc2N(C)C1=O. The van der Waals surface area contributed by atoms with Crippen molar-refractivity contribution in [1.82, 2.24) is 15.0 Å². The lowest BCUT2D eigenvalue weighted by atomic mass is 10.0. The number of urea groups is 1. The molecule has 2 aromatic carbocycles. The molecule has 2 aliphatic heterocycles. The number of hydrogen-bond acceptors (Lipinski definition) is 8. The maximum atomic E-state index is 13.6. The Bertz CT molecular complexity index is 1920. The van der Waals surface area contributed by atoms with Crippen molar-refractivity contribution in [1.29, 1.82) is 0 Å². The molecular weight excluding hydrogens is 594 g/mol. The number of hydrogen-bond donors (Lipinski definition) is 2. The van der Waals surface area contributed by atoms with Gasteiger partial charge in [-0.2, -0.15) is 4.98 Å². The second kappa shape index (κ2) is 12.6. The third-order valence-electron chi connectivity index (χ3n) is 8.47. The van der Waals surface area contributed by atoms with Gasteiger partial charge in [0, 0.05) is 54.1 Å². The van der Waals surface area contributed by atoms with Gasteiger partial charge in [-0.1, -0.05) is 25.5 Å². The highest BCUT2D eigenvalue weighted by Crippen LogP contribution is 2.34. The van der Waals surface area contributed by atoms with Crippen LogP contribution >= 0.6 is 0 Å². The maximum absolute atomic E-state index is 13.6. The van der Waals surface area contributed by atoms with E-state index in [1.165, 1.54) is 4.90 Å². The molecule has 0 unspecified atom stereocenters. The Kier molecular flexibility index (Phi) is 8.42. The van der Waals surface area contributed by atoms with Crippen LogP contribution in [-0.2, 0) is 11.3 Å². The van der Waals surface area contributed by atoms with E-state index in [1.807, 2.05) is 52.0 Å². The Morgan fingerprint density at radius 2 is 1.70 bits per heavy atom. The van der Waals surface area contributed by atoms with Crippen LogP contribution in [0.2, 0.25) is 0 Å². The zero-order valence-electron chi connectivity index (χ0n) is 27.3. The number of carbonyl (C=O) groups excluding carboxylic acids is 3. The number of rotatable bonds is 7. The summed E-state index contributed by atoms with van der Waals surface area (Å²) in [7, 11) is 3.40. The van der Waals surface area contributed by atoms with Crippen LogP contribution in [0.15, 0.2) is 65.9 Å². The minimum Gasteiger partial charge on any atom is -0.323 e. The molecule has 4 heterocycles. The smallest absolute Gasteiger partial charge is 0.323 e. The summed E-state index contributed by atoms with van der Waals surface area (Å²) in [6.45, 7) is 8.01. The van der Waals surface area contributed by atoms with Crippen LogP contribution in [0.3, 0.4) is 0 Å². The van der Waals surface area contributed by atoms with E-state index in [0.29, 0.717) is 40.8 Å². The lowest BCUT2D eigenvalue weighted by Gasteiger charge is -2.35. The van der Waals surface area contributed by atoms with E-state index in [1.54, 1.807) is 60.6 Å². The molecule has 0 saturated carbocycles. The van der Waals surface area contributed by atoms with Crippen LogP contribution in [0.4, 0.5) is 39.3 Å². The summed E-state index contributed by atoms with van der Waals surface area (Å²) in [5.41, 5.74) is 7.09. The number of aryl methyl sites for hydroxylation is 2. The van der Waals surface area contributed by atoms with E-state index < -0.39 is 6.04 Å². The summed E-state index contributed by atoms with van der Waals surface area (Å²) >= 11 is 0. The third kappa shape index (κ3) is 6.14. The van der Waals surface area contributed by atoms with Crippen LogP contribution in [0, 0.1) is 13.8 Å². The highest BCUT2D eigenvalue weighted by molar-refractivity contribution is 6.14. The van der Waals surface area contributed by atoms with Crippen LogP contribution in [-0.4, -0.2) is 58.6 Å². The normalized spacial score (nSPS) is 15.9. The van der Waals surface area contributed by atoms with Crippen molar-refractivity contribution in [2.75, 3.05) is 39.4 Å². The molecule has 0 saturated heterocycles. The minimum atomic E-state index is -0.439. The van der Waals surface area contributed by atoms with Gasteiger partial charge in [-0.15, -0.1) is 0 Å². The standard InChI is InChI=1S/C35H37N9O3/c1-7-8-28-33(46)42(5)30-15-23(11-14-27(30)22(4)38-28)32(45)39-25-12-9-20(2)29(16-25)44-19-24-17-37-34(41-31(24)43(6)35(44)47)40-26-13-10-21(3)36-18-26/h9-18,28H,7-8,19H2,1-6H3,(H,39,45)(H,37,40,41)/t28-/m0/s1. The Morgan fingerprint density at radius 1 is 0.915 bits per heavy atom. The largest absolute Gasteiger partial charge is 0.330 e. The quantitative estimate of drug-likeness (QED) is 0.255. The zero-order chi connectivity index (χ0) is 33.4. The molecule has 6 rings (SSSR count). The molecule has 0 fully saturated rings. The first kappa shape index (κ1) is 31.3. The van der Waals surface area contributed by atoms with Crippen molar-refractivity contribution >= 4 is 58.1 Å². The first-order valence-corrected chi connectivity index (χ1v) is 15.5. The topological polar surface area (TPSA) is 136 Å². The molecule has 2 N–H and O–H groups in total. The number of anilines is 6. The van der Waals surface area contributed by atoms with Crippen LogP contribution < -0.4 is 25.3 Å². The Morgan fingerprint density at radius 3 is 2.45 bits per heavy atom. The monoisotopic (exact) mass is 631 g/mol. The fourth-order valence-corrected chi connectivity index (χ4v) is 5.83. The van der Waals surface area contributed by atoms with Gasteiger partial charge in [-0.05, 0) is 69.2 Å². The highest BCUT2D eigenvalue weighted by Gasteiger charge is 2.32. The van der Waals surface area contributed by atoms with Crippen molar-refractivity contribution in [2.24, 2.45) is 4.99 Å². The van der Waals surface area contributed by atoms with E-state index in [2.05, 4.69) is 30.6 Å². The van der Waals surface area contributed by atoms with Gasteiger partial charge in [0.15, 0.2) is 0 Å². The van der Waals surface area contributed by atoms with E-state index in [-0.39, 0.29) is 24.4 Å². The molecule has 240 valence electrons. The molecule has 1 atom stereocenters. The number of nitrogens with one attached hydrogen (secondary N) is 2. The predicted molar refractivity (Wildman–Crippen MR) is 184 cm³/mol. The van der Waals surface area contributed by atoms with Gasteiger partial charge in [0.25, 0.3) is 11.8 Å². The molecule has 4 amide bonds. The molecule has 0 spiro atoms. The molecule has 12 nitrogen and oxygen atoms in total. The van der Waals surface area contributed by atoms with Gasteiger partial charge in [-0.25, -0.2) is 9.78 Å². The van der Waals surface area contributed by atoms with Crippen molar-refractivity contribution in [3.8, 4) is 0 Å². The van der Waals surface area contributed by atoms with E-state index in [4.69, 9.17) is 0 Å². The fourth-order valence-electron chi connectivity index (χ4n) is 5.83. The second-order valence-corrected chi connectivity index (χ2v) is 11.9. The summed E-state index contributed by atoms with van der Waals surface area (Å²) in [5.74, 6) is 0.445. The maximum Gasteiger partial charge on any atom is 0.330 e. The van der Waals surface area contributed by atoms with Gasteiger partial charge in [0.2, 0.25) is 5.95 Å². The van der Waals surface area contributed by atoms with Gasteiger partial charge in [0.1, 0.15) is 11.9 Å². The van der Waals surface area contributed by atoms with Gasteiger partial charge >= 0.3 is 6.03 Å². The van der Waals surface area contributed by atoms with E-state index >= 15 is 0 Å². The molecule has 0 radical (unpaired) electrons. The summed E-state index contributed by atoms with van der Waals surface area (Å²) in [4.78, 5) is 63.0. The van der Waals surface area contributed by atoms with Gasteiger partial charge in [0.05, 0.1) is 29.8 Å². The zero-order valence-corrected chi connectivity index (χ0v) is 27.3. The first-order chi connectivity index (χ1) is 22.5. The van der Waals surface area contributed by atoms with E-state index in [9.17, 15) is 14.4 Å². The number of aliphatic imine (C=N–C) groups is 1. The number of nitrogens with zero attached hydrogens (tertiary/aromatic N) is 7. The lowest BCUT2D eigenvalue weighted by Crippen LogP contribution is -2.46. The third-order valence-corrected chi connectivity index (χ3v) is 8.47. The average molecular weight is 632 g/mol. The number of pyridine rings is 1. The number of benzodiazepines with no additional fused rings is 1. The first-order valence-electron chi connectivity index (χ1n) is 15.5. The van der Waals surface area contributed by atoms with Gasteiger partial charge in [-0.3, -0.25) is 29.4 Å².